The van der Waals surface area contributed by atoms with Crippen molar-refractivity contribution in [3.8, 4) is 0 Å². The second kappa shape index (κ2) is 13.1. The molecule has 0 fully saturated rings. The molecule has 0 aliphatic carbocycles. The average Bonchev–Trinajstić information content (AvgIpc) is 2.66. The average molecular weight is 719 g/mol. The smallest absolute Gasteiger partial charge is 0.302 e. The van der Waals surface area contributed by atoms with E-state index in [1.807, 2.05) is 0 Å². The summed E-state index contributed by atoms with van der Waals surface area (Å²) in [5, 5.41) is 3.89. The summed E-state index contributed by atoms with van der Waals surface area (Å²) in [7, 11) is -12.5. The molecule has 0 bridgehead atoms. The predicted molar refractivity (Wildman–Crippen MR) is 222 cm³/mol. The maximum Gasteiger partial charge on any atom is 0.341 e. The van der Waals surface area contributed by atoms with Crippen LogP contribution in [0, 0.1) is 20.8 Å². The highest BCUT2D eigenvalue weighted by Crippen LogP contribution is 2.44. The molecule has 0 heterocycles. The van der Waals surface area contributed by atoms with Crippen molar-refractivity contribution in [1.82, 2.24) is 0 Å². The molecule has 0 atom stereocenters. The molecule has 0 aliphatic heterocycles. The quantitative estimate of drug-likeness (QED) is 0.160. The van der Waals surface area contributed by atoms with Crippen LogP contribution in [0.3, 0.4) is 0 Å². The number of benzene rings is 2. The van der Waals surface area contributed by atoms with Crippen LogP contribution in [-0.4, -0.2) is 57.6 Å². The first kappa shape index (κ1) is 40.1. The van der Waals surface area contributed by atoms with Gasteiger partial charge in [0.1, 0.15) is 0 Å². The van der Waals surface area contributed by atoms with E-state index in [0.29, 0.717) is 15.5 Å². The van der Waals surface area contributed by atoms with Gasteiger partial charge < -0.3 is 4.11 Å². The van der Waals surface area contributed by atoms with E-state index in [1.165, 1.54) is 21.9 Å². The van der Waals surface area contributed by atoms with Crippen LogP contribution in [0.25, 0.3) is 0 Å². The molecule has 0 aliphatic rings. The number of hydrogen-bond donors (Lipinski definition) is 0. The Morgan fingerprint density at radius 2 is 0.705 bits per heavy atom. The fourth-order valence-electron chi connectivity index (χ4n) is 10.0. The van der Waals surface area contributed by atoms with Crippen LogP contribution >= 0.6 is 0 Å². The summed E-state index contributed by atoms with van der Waals surface area (Å²) < 4.78 is 18.3. The first-order chi connectivity index (χ1) is 19.3. The van der Waals surface area contributed by atoms with Crippen molar-refractivity contribution in [1.29, 1.82) is 0 Å². The minimum atomic E-state index is -2.51. The van der Waals surface area contributed by atoms with Crippen LogP contribution in [0.1, 0.15) is 48.9 Å². The molecule has 0 spiro atoms. The molecule has 44 heavy (non-hydrogen) atoms. The molecule has 0 saturated carbocycles. The summed E-state index contributed by atoms with van der Waals surface area (Å²) in [6, 6.07) is 9.79. The Balaban J connectivity index is 3.44. The Morgan fingerprint density at radius 3 is 0.955 bits per heavy atom. The highest BCUT2D eigenvalue weighted by atomic mass is 28.4. The Morgan fingerprint density at radius 1 is 0.432 bits per heavy atom. The van der Waals surface area contributed by atoms with E-state index in [4.69, 9.17) is 0 Å². The SMILES string of the molecule is Cc1cc(C)c([Si](F)c2c(C([Si](C)(C)C)[Si](C)(C)C)cc(C([Si](C)(C)C)[Si](C)(C)C)cc2C([Si](C)(C)C)[Si](C)(C)C)c(C)c1. The molecule has 0 aromatic heterocycles. The zero-order valence-corrected chi connectivity index (χ0v) is 39.9. The lowest BCUT2D eigenvalue weighted by atomic mass is 10.1. The summed E-state index contributed by atoms with van der Waals surface area (Å²) in [6.07, 6.45) is 0. The minimum absolute atomic E-state index is 0.512. The van der Waals surface area contributed by atoms with E-state index in [1.54, 1.807) is 5.56 Å². The van der Waals surface area contributed by atoms with Gasteiger partial charge in [0.05, 0.1) is 0 Å². The van der Waals surface area contributed by atoms with E-state index in [9.17, 15) is 0 Å². The Bertz CT molecular complexity index is 1210. The molecule has 8 heteroatoms. The fraction of sp³-hybridized carbons (Fsp3) is 0.667. The number of hydrogen-bond acceptors (Lipinski definition) is 0. The van der Waals surface area contributed by atoms with E-state index < -0.39 is 57.6 Å². The van der Waals surface area contributed by atoms with Gasteiger partial charge in [0, 0.05) is 48.4 Å². The summed E-state index contributed by atoms with van der Waals surface area (Å²) in [5.41, 5.74) is 8.07. The lowest BCUT2D eigenvalue weighted by Gasteiger charge is -2.46. The second-order valence-electron chi connectivity index (χ2n) is 20.7. The predicted octanol–water partition coefficient (Wildman–Crippen LogP) is 11.2. The van der Waals surface area contributed by atoms with Crippen molar-refractivity contribution in [3.63, 3.8) is 0 Å². The molecular formula is C36H70FSi7. The zero-order valence-electron chi connectivity index (χ0n) is 32.9. The van der Waals surface area contributed by atoms with Gasteiger partial charge in [-0.2, -0.15) is 0 Å². The van der Waals surface area contributed by atoms with Crippen molar-refractivity contribution in [2.45, 2.75) is 154 Å². The third-order valence-corrected chi connectivity index (χ3v) is 39.6. The fourth-order valence-corrected chi connectivity index (χ4v) is 50.8. The van der Waals surface area contributed by atoms with Gasteiger partial charge in [0.15, 0.2) is 0 Å². The van der Waals surface area contributed by atoms with E-state index >= 15 is 4.11 Å². The molecule has 0 nitrogen and oxygen atoms in total. The van der Waals surface area contributed by atoms with Crippen LogP contribution in [0.15, 0.2) is 24.3 Å². The van der Waals surface area contributed by atoms with Crippen LogP contribution in [0.2, 0.25) is 118 Å². The van der Waals surface area contributed by atoms with Crippen molar-refractivity contribution in [3.05, 3.63) is 57.6 Å². The van der Waals surface area contributed by atoms with E-state index in [2.05, 4.69) is 163 Å². The highest BCUT2D eigenvalue weighted by molar-refractivity contribution is 6.98. The monoisotopic (exact) mass is 717 g/mol. The van der Waals surface area contributed by atoms with Gasteiger partial charge in [0.2, 0.25) is 0 Å². The summed E-state index contributed by atoms with van der Waals surface area (Å²) in [4.78, 5) is 0. The Hall–Kier alpha value is -0.112. The third-order valence-electron chi connectivity index (χ3n) is 9.49. The molecular weight excluding hydrogens is 648 g/mol. The third kappa shape index (κ3) is 9.07. The highest BCUT2D eigenvalue weighted by Gasteiger charge is 2.48. The number of aryl methyl sites for hydroxylation is 3. The summed E-state index contributed by atoms with van der Waals surface area (Å²) in [6.45, 7) is 52.9. The van der Waals surface area contributed by atoms with Crippen molar-refractivity contribution in [2.24, 2.45) is 0 Å². The van der Waals surface area contributed by atoms with Gasteiger partial charge in [-0.15, -0.1) is 0 Å². The van der Waals surface area contributed by atoms with E-state index in [0.717, 1.165) is 16.3 Å². The molecule has 0 saturated heterocycles. The van der Waals surface area contributed by atoms with Crippen molar-refractivity contribution >= 4 is 67.9 Å². The lowest BCUT2D eigenvalue weighted by Crippen LogP contribution is -2.56. The maximum atomic E-state index is 18.3. The molecule has 249 valence electrons. The Labute approximate surface area is 282 Å². The van der Waals surface area contributed by atoms with Crippen LogP contribution in [-0.2, 0) is 0 Å². The summed E-state index contributed by atoms with van der Waals surface area (Å²) >= 11 is 0. The first-order valence-corrected chi connectivity index (χ1v) is 39.9. The van der Waals surface area contributed by atoms with Gasteiger partial charge >= 0.3 is 9.13 Å². The van der Waals surface area contributed by atoms with Crippen molar-refractivity contribution in [2.75, 3.05) is 0 Å². The normalized spacial score (nSPS) is 14.5. The van der Waals surface area contributed by atoms with Crippen LogP contribution in [0.4, 0.5) is 4.11 Å². The number of rotatable bonds is 11. The van der Waals surface area contributed by atoms with Gasteiger partial charge in [0.25, 0.3) is 0 Å². The molecule has 1 radical (unpaired) electrons. The van der Waals surface area contributed by atoms with Gasteiger partial charge in [-0.05, 0) is 74.5 Å². The van der Waals surface area contributed by atoms with Crippen LogP contribution < -0.4 is 10.4 Å². The molecule has 0 N–H and O–H groups in total. The molecule has 2 aromatic rings. The van der Waals surface area contributed by atoms with Gasteiger partial charge in [-0.1, -0.05) is 148 Å². The lowest BCUT2D eigenvalue weighted by molar-refractivity contribution is 0.860. The molecule has 0 unspecified atom stereocenters. The molecule has 0 amide bonds. The minimum Gasteiger partial charge on any atom is -0.302 e. The first-order valence-electron chi connectivity index (χ1n) is 17.1. The Kier molecular flexibility index (Phi) is 11.9. The van der Waals surface area contributed by atoms with Gasteiger partial charge in [-0.25, -0.2) is 0 Å². The topological polar surface area (TPSA) is 0 Å². The zero-order chi connectivity index (χ0) is 34.8. The van der Waals surface area contributed by atoms with Crippen LogP contribution in [0.5, 0.6) is 0 Å². The molecule has 2 aromatic carbocycles. The standard InChI is InChI=1S/C36H70FSi7/c1-26-22-27(2)32(28(3)23-26)38(37)33-30(35(41(10,11)12)42(13,14)15)24-29(34(39(4,5)6)40(7,8)9)25-31(33)36(43(16,17)18)44(19,20)21/h22-25,34-36H,1-21H3. The largest absolute Gasteiger partial charge is 0.341 e. The van der Waals surface area contributed by atoms with Crippen molar-refractivity contribution < 1.29 is 4.11 Å². The van der Waals surface area contributed by atoms with E-state index in [-0.39, 0.29) is 0 Å². The summed E-state index contributed by atoms with van der Waals surface area (Å²) in [5.74, 6) is 0. The van der Waals surface area contributed by atoms with Gasteiger partial charge in [-0.3, -0.25) is 0 Å². The number of halogens is 1. The molecule has 2 rings (SSSR count). The maximum absolute atomic E-state index is 18.3. The second-order valence-corrected chi connectivity index (χ2v) is 55.9.